The molecule has 14 heavy (non-hydrogen) atoms. The van der Waals surface area contributed by atoms with Gasteiger partial charge in [0.15, 0.2) is 0 Å². The van der Waals surface area contributed by atoms with Crippen LogP contribution in [-0.2, 0) is 23.2 Å². The highest BCUT2D eigenvalue weighted by Crippen LogP contribution is 2.01. The van der Waals surface area contributed by atoms with Crippen LogP contribution in [0.1, 0.15) is 5.56 Å². The molecule has 1 aromatic rings. The number of carboxylic acid groups (broad SMARTS) is 1. The van der Waals surface area contributed by atoms with Gasteiger partial charge in [-0.25, -0.2) is 4.79 Å². The summed E-state index contributed by atoms with van der Waals surface area (Å²) < 4.78 is 1.59. The molecule has 0 saturated carbocycles. The number of amides is 1. The Morgan fingerprint density at radius 1 is 1.64 bits per heavy atom. The number of rotatable bonds is 2. The zero-order chi connectivity index (χ0) is 10.7. The highest BCUT2D eigenvalue weighted by molar-refractivity contribution is 6.31. The van der Waals surface area contributed by atoms with Crippen molar-refractivity contribution in [2.75, 3.05) is 7.05 Å². The van der Waals surface area contributed by atoms with Crippen molar-refractivity contribution in [3.8, 4) is 0 Å². The lowest BCUT2D eigenvalue weighted by Crippen LogP contribution is -2.32. The molecular weight excluding hydrogens is 186 g/mol. The van der Waals surface area contributed by atoms with E-state index in [1.54, 1.807) is 24.1 Å². The molecular formula is C8H11N3O3. The number of carbonyl (C=O) groups is 2. The number of hydrogen-bond donors (Lipinski definition) is 1. The van der Waals surface area contributed by atoms with Gasteiger partial charge < -0.3 is 10.0 Å². The Balaban J connectivity index is 2.61. The molecule has 76 valence electrons. The number of aromatic nitrogens is 2. The van der Waals surface area contributed by atoms with E-state index in [2.05, 4.69) is 5.10 Å². The lowest BCUT2D eigenvalue weighted by atomic mass is 10.3. The second-order valence-electron chi connectivity index (χ2n) is 2.99. The summed E-state index contributed by atoms with van der Waals surface area (Å²) >= 11 is 0. The van der Waals surface area contributed by atoms with Gasteiger partial charge in [-0.15, -0.1) is 0 Å². The van der Waals surface area contributed by atoms with Gasteiger partial charge in [-0.1, -0.05) is 0 Å². The van der Waals surface area contributed by atoms with Gasteiger partial charge in [-0.05, 0) is 0 Å². The summed E-state index contributed by atoms with van der Waals surface area (Å²) in [5, 5.41) is 12.3. The number of hydrogen-bond acceptors (Lipinski definition) is 3. The Bertz CT molecular complexity index is 358. The largest absolute Gasteiger partial charge is 0.474 e. The summed E-state index contributed by atoms with van der Waals surface area (Å²) in [5.74, 6) is -2.37. The van der Waals surface area contributed by atoms with E-state index < -0.39 is 11.9 Å². The van der Waals surface area contributed by atoms with Crippen molar-refractivity contribution in [3.63, 3.8) is 0 Å². The lowest BCUT2D eigenvalue weighted by molar-refractivity contribution is -0.155. The lowest BCUT2D eigenvalue weighted by Gasteiger charge is -2.12. The first-order chi connectivity index (χ1) is 6.50. The van der Waals surface area contributed by atoms with E-state index in [0.717, 1.165) is 10.5 Å². The minimum atomic E-state index is -1.45. The molecule has 0 bridgehead atoms. The van der Waals surface area contributed by atoms with E-state index in [1.807, 2.05) is 0 Å². The van der Waals surface area contributed by atoms with E-state index in [-0.39, 0.29) is 6.54 Å². The van der Waals surface area contributed by atoms with Crippen molar-refractivity contribution in [2.24, 2.45) is 7.05 Å². The molecule has 0 atom stereocenters. The molecule has 1 aromatic heterocycles. The number of nitrogens with zero attached hydrogens (tertiary/aromatic N) is 3. The Morgan fingerprint density at radius 2 is 2.29 bits per heavy atom. The van der Waals surface area contributed by atoms with Crippen LogP contribution in [0.25, 0.3) is 0 Å². The minimum Gasteiger partial charge on any atom is -0.474 e. The first-order valence-corrected chi connectivity index (χ1v) is 3.96. The molecule has 6 nitrogen and oxygen atoms in total. The summed E-state index contributed by atoms with van der Waals surface area (Å²) in [6.07, 6.45) is 3.32. The molecule has 0 fully saturated rings. The minimum absolute atomic E-state index is 0.249. The monoisotopic (exact) mass is 197 g/mol. The predicted octanol–water partition coefficient (Wildman–Crippen LogP) is -0.537. The van der Waals surface area contributed by atoms with Crippen LogP contribution in [0.4, 0.5) is 0 Å². The molecule has 1 amide bonds. The van der Waals surface area contributed by atoms with Gasteiger partial charge in [0.1, 0.15) is 0 Å². The topological polar surface area (TPSA) is 75.4 Å². The van der Waals surface area contributed by atoms with Crippen LogP contribution in [-0.4, -0.2) is 38.7 Å². The number of carbonyl (C=O) groups excluding carboxylic acids is 1. The number of aliphatic carboxylic acids is 1. The van der Waals surface area contributed by atoms with Crippen LogP contribution >= 0.6 is 0 Å². The maximum absolute atomic E-state index is 11.0. The van der Waals surface area contributed by atoms with Gasteiger partial charge in [0.05, 0.1) is 6.20 Å². The second-order valence-corrected chi connectivity index (χ2v) is 2.99. The molecule has 0 saturated heterocycles. The normalized spacial score (nSPS) is 9.86. The quantitative estimate of drug-likeness (QED) is 0.646. The molecule has 0 aliphatic heterocycles. The Morgan fingerprint density at radius 3 is 2.71 bits per heavy atom. The average Bonchev–Trinajstić information content (AvgIpc) is 2.49. The van der Waals surface area contributed by atoms with E-state index >= 15 is 0 Å². The van der Waals surface area contributed by atoms with Gasteiger partial charge >= 0.3 is 11.9 Å². The number of carboxylic acids is 1. The molecule has 6 heteroatoms. The zero-order valence-corrected chi connectivity index (χ0v) is 7.97. The van der Waals surface area contributed by atoms with Crippen LogP contribution in [0.15, 0.2) is 12.4 Å². The number of likely N-dealkylation sites (N-methyl/N-ethyl adjacent to an activating group) is 1. The van der Waals surface area contributed by atoms with Crippen molar-refractivity contribution < 1.29 is 14.7 Å². The second kappa shape index (κ2) is 3.91. The van der Waals surface area contributed by atoms with E-state index in [9.17, 15) is 9.59 Å². The molecule has 0 unspecified atom stereocenters. The first-order valence-electron chi connectivity index (χ1n) is 3.96. The van der Waals surface area contributed by atoms with E-state index in [1.165, 1.54) is 7.05 Å². The molecule has 1 N–H and O–H groups in total. The third kappa shape index (κ3) is 2.32. The fourth-order valence-corrected chi connectivity index (χ4v) is 1.06. The van der Waals surface area contributed by atoms with Gasteiger partial charge in [-0.2, -0.15) is 5.10 Å². The molecule has 0 aliphatic carbocycles. The standard InChI is InChI=1S/C8H11N3O3/c1-10(7(12)8(13)14)4-6-3-9-11(2)5-6/h3,5H,4H2,1-2H3,(H,13,14). The maximum Gasteiger partial charge on any atom is 0.394 e. The third-order valence-corrected chi connectivity index (χ3v) is 1.71. The number of aryl methyl sites for hydroxylation is 1. The molecule has 0 aromatic carbocycles. The van der Waals surface area contributed by atoms with E-state index in [4.69, 9.17) is 5.11 Å². The van der Waals surface area contributed by atoms with Crippen LogP contribution < -0.4 is 0 Å². The summed E-state index contributed by atoms with van der Waals surface area (Å²) in [4.78, 5) is 22.4. The highest BCUT2D eigenvalue weighted by Gasteiger charge is 2.17. The van der Waals surface area contributed by atoms with Crippen molar-refractivity contribution in [1.29, 1.82) is 0 Å². The Labute approximate surface area is 80.7 Å². The van der Waals surface area contributed by atoms with Gasteiger partial charge in [0.25, 0.3) is 0 Å². The van der Waals surface area contributed by atoms with Crippen molar-refractivity contribution >= 4 is 11.9 Å². The van der Waals surface area contributed by atoms with Gasteiger partial charge in [-0.3, -0.25) is 9.48 Å². The predicted molar refractivity (Wildman–Crippen MR) is 47.3 cm³/mol. The van der Waals surface area contributed by atoms with Gasteiger partial charge in [0, 0.05) is 32.4 Å². The first kappa shape index (κ1) is 10.2. The molecule has 1 rings (SSSR count). The summed E-state index contributed by atoms with van der Waals surface area (Å²) in [5.41, 5.74) is 0.796. The van der Waals surface area contributed by atoms with Gasteiger partial charge in [0.2, 0.25) is 0 Å². The van der Waals surface area contributed by atoms with Crippen molar-refractivity contribution in [2.45, 2.75) is 6.54 Å². The fraction of sp³-hybridized carbons (Fsp3) is 0.375. The highest BCUT2D eigenvalue weighted by atomic mass is 16.4. The van der Waals surface area contributed by atoms with Crippen molar-refractivity contribution in [3.05, 3.63) is 18.0 Å². The molecule has 0 spiro atoms. The van der Waals surface area contributed by atoms with Crippen LogP contribution in [0.3, 0.4) is 0 Å². The summed E-state index contributed by atoms with van der Waals surface area (Å²) in [6, 6.07) is 0. The van der Waals surface area contributed by atoms with Crippen LogP contribution in [0, 0.1) is 0 Å². The Kier molecular flexibility index (Phi) is 2.85. The molecule has 1 heterocycles. The molecule has 0 radical (unpaired) electrons. The molecule has 0 aliphatic rings. The maximum atomic E-state index is 11.0. The van der Waals surface area contributed by atoms with Crippen LogP contribution in [0.2, 0.25) is 0 Å². The average molecular weight is 197 g/mol. The summed E-state index contributed by atoms with van der Waals surface area (Å²) in [7, 11) is 3.19. The zero-order valence-electron chi connectivity index (χ0n) is 7.97. The van der Waals surface area contributed by atoms with E-state index in [0.29, 0.717) is 0 Å². The third-order valence-electron chi connectivity index (χ3n) is 1.71. The smallest absolute Gasteiger partial charge is 0.394 e. The fourth-order valence-electron chi connectivity index (χ4n) is 1.06. The van der Waals surface area contributed by atoms with Crippen molar-refractivity contribution in [1.82, 2.24) is 14.7 Å². The summed E-state index contributed by atoms with van der Waals surface area (Å²) in [6.45, 7) is 0.249. The Hall–Kier alpha value is -1.85. The SMILES string of the molecule is CN(Cc1cnn(C)c1)C(=O)C(=O)O. The van der Waals surface area contributed by atoms with Crippen LogP contribution in [0.5, 0.6) is 0 Å².